The molecule has 3 rings (SSSR count). The van der Waals surface area contributed by atoms with Gasteiger partial charge in [0.1, 0.15) is 0 Å². The topological polar surface area (TPSA) is 82.5 Å². The fraction of sp³-hybridized carbons (Fsp3) is 0.615. The van der Waals surface area contributed by atoms with E-state index in [4.69, 9.17) is 5.11 Å². The molecule has 1 aromatic rings. The molecule has 2 aliphatic rings. The Bertz CT molecular complexity index is 513. The molecule has 0 saturated carbocycles. The van der Waals surface area contributed by atoms with Gasteiger partial charge in [-0.05, 0) is 32.1 Å². The quantitative estimate of drug-likeness (QED) is 0.873. The van der Waals surface area contributed by atoms with Crippen molar-refractivity contribution in [2.24, 2.45) is 5.92 Å². The molecule has 0 radical (unpaired) electrons. The first kappa shape index (κ1) is 13.4. The number of thiazole rings is 1. The van der Waals surface area contributed by atoms with E-state index in [0.717, 1.165) is 25.0 Å². The third kappa shape index (κ3) is 2.63. The first-order valence-corrected chi connectivity index (χ1v) is 7.72. The predicted molar refractivity (Wildman–Crippen MR) is 75.1 cm³/mol. The number of carbonyl (C=O) groups excluding carboxylic acids is 1. The summed E-state index contributed by atoms with van der Waals surface area (Å²) in [7, 11) is 0. The van der Waals surface area contributed by atoms with Crippen LogP contribution < -0.4 is 5.32 Å². The average molecular weight is 295 g/mol. The van der Waals surface area contributed by atoms with Crippen LogP contribution in [0.4, 0.5) is 9.93 Å². The minimum absolute atomic E-state index is 0.165. The molecule has 0 aromatic carbocycles. The SMILES string of the molecule is O=C(O)C1CCN(C(=O)Nc2nc3c(s2)CCC3)CC1. The van der Waals surface area contributed by atoms with Gasteiger partial charge >= 0.3 is 12.0 Å². The maximum absolute atomic E-state index is 12.1. The summed E-state index contributed by atoms with van der Waals surface area (Å²) in [5, 5.41) is 12.4. The second kappa shape index (κ2) is 5.40. The first-order chi connectivity index (χ1) is 9.63. The van der Waals surface area contributed by atoms with Crippen molar-refractivity contribution in [3.63, 3.8) is 0 Å². The highest BCUT2D eigenvalue weighted by atomic mass is 32.1. The van der Waals surface area contributed by atoms with Crippen molar-refractivity contribution in [1.82, 2.24) is 9.88 Å². The number of rotatable bonds is 2. The number of aliphatic carboxylic acids is 1. The summed E-state index contributed by atoms with van der Waals surface area (Å²) in [5.41, 5.74) is 1.12. The lowest BCUT2D eigenvalue weighted by molar-refractivity contribution is -0.143. The monoisotopic (exact) mass is 295 g/mol. The van der Waals surface area contributed by atoms with Crippen molar-refractivity contribution in [3.8, 4) is 0 Å². The van der Waals surface area contributed by atoms with Gasteiger partial charge in [-0.15, -0.1) is 11.3 Å². The Kier molecular flexibility index (Phi) is 3.60. The molecule has 2 amide bonds. The largest absolute Gasteiger partial charge is 0.481 e. The number of piperidine rings is 1. The number of hydrogen-bond donors (Lipinski definition) is 2. The van der Waals surface area contributed by atoms with E-state index in [2.05, 4.69) is 10.3 Å². The molecule has 0 bridgehead atoms. The highest BCUT2D eigenvalue weighted by Crippen LogP contribution is 2.30. The van der Waals surface area contributed by atoms with Crippen molar-refractivity contribution in [1.29, 1.82) is 0 Å². The van der Waals surface area contributed by atoms with Crippen molar-refractivity contribution >= 4 is 28.5 Å². The van der Waals surface area contributed by atoms with E-state index in [1.165, 1.54) is 4.88 Å². The summed E-state index contributed by atoms with van der Waals surface area (Å²) >= 11 is 1.56. The Balaban J connectivity index is 1.55. The van der Waals surface area contributed by atoms with Gasteiger partial charge in [0, 0.05) is 18.0 Å². The second-order valence-electron chi connectivity index (χ2n) is 5.27. The zero-order valence-corrected chi connectivity index (χ0v) is 11.9. The number of carbonyl (C=O) groups is 2. The number of anilines is 1. The first-order valence-electron chi connectivity index (χ1n) is 6.91. The number of urea groups is 1. The fourth-order valence-corrected chi connectivity index (χ4v) is 3.78. The Morgan fingerprint density at radius 3 is 2.70 bits per heavy atom. The molecule has 1 aliphatic heterocycles. The van der Waals surface area contributed by atoms with Crippen molar-refractivity contribution < 1.29 is 14.7 Å². The van der Waals surface area contributed by atoms with Crippen molar-refractivity contribution in [2.75, 3.05) is 18.4 Å². The number of carboxylic acids is 1. The van der Waals surface area contributed by atoms with Crippen LogP contribution in [0.2, 0.25) is 0 Å². The Morgan fingerprint density at radius 1 is 1.30 bits per heavy atom. The van der Waals surface area contributed by atoms with Gasteiger partial charge in [0.2, 0.25) is 0 Å². The molecule has 1 fully saturated rings. The van der Waals surface area contributed by atoms with Crippen LogP contribution in [0.15, 0.2) is 0 Å². The van der Waals surface area contributed by atoms with Gasteiger partial charge in [0.15, 0.2) is 5.13 Å². The fourth-order valence-electron chi connectivity index (χ4n) is 2.74. The van der Waals surface area contributed by atoms with Gasteiger partial charge in [-0.25, -0.2) is 9.78 Å². The summed E-state index contributed by atoms with van der Waals surface area (Å²) < 4.78 is 0. The molecular weight excluding hydrogens is 278 g/mol. The van der Waals surface area contributed by atoms with Crippen LogP contribution in [0.3, 0.4) is 0 Å². The summed E-state index contributed by atoms with van der Waals surface area (Å²) in [6.07, 6.45) is 4.28. The molecule has 1 aromatic heterocycles. The minimum atomic E-state index is -0.763. The van der Waals surface area contributed by atoms with E-state index in [0.29, 0.717) is 31.1 Å². The van der Waals surface area contributed by atoms with Crippen molar-refractivity contribution in [3.05, 3.63) is 10.6 Å². The standard InChI is InChI=1S/C13H17N3O3S/c17-11(18)8-4-6-16(7-5-8)13(19)15-12-14-9-2-1-3-10(9)20-12/h8H,1-7H2,(H,17,18)(H,14,15,19). The van der Waals surface area contributed by atoms with Gasteiger partial charge < -0.3 is 10.0 Å². The lowest BCUT2D eigenvalue weighted by Crippen LogP contribution is -2.42. The zero-order chi connectivity index (χ0) is 14.1. The number of amides is 2. The molecule has 0 unspecified atom stereocenters. The van der Waals surface area contributed by atoms with E-state index in [1.807, 2.05) is 0 Å². The van der Waals surface area contributed by atoms with Gasteiger partial charge in [-0.2, -0.15) is 0 Å². The molecule has 2 N–H and O–H groups in total. The highest BCUT2D eigenvalue weighted by Gasteiger charge is 2.27. The van der Waals surface area contributed by atoms with Crippen LogP contribution >= 0.6 is 11.3 Å². The number of carboxylic acid groups (broad SMARTS) is 1. The van der Waals surface area contributed by atoms with Crippen molar-refractivity contribution in [2.45, 2.75) is 32.1 Å². The van der Waals surface area contributed by atoms with Crippen LogP contribution in [0.5, 0.6) is 0 Å². The Morgan fingerprint density at radius 2 is 2.05 bits per heavy atom. The van der Waals surface area contributed by atoms with Crippen LogP contribution in [-0.4, -0.2) is 40.1 Å². The second-order valence-corrected chi connectivity index (χ2v) is 6.36. The van der Waals surface area contributed by atoms with Crippen LogP contribution in [-0.2, 0) is 17.6 Å². The average Bonchev–Trinajstić information content (AvgIpc) is 2.99. The minimum Gasteiger partial charge on any atom is -0.481 e. The van der Waals surface area contributed by atoms with Crippen LogP contribution in [0, 0.1) is 5.92 Å². The molecule has 1 saturated heterocycles. The maximum Gasteiger partial charge on any atom is 0.323 e. The summed E-state index contributed by atoms with van der Waals surface area (Å²) in [6, 6.07) is -0.165. The molecule has 0 spiro atoms. The van der Waals surface area contributed by atoms with Gasteiger partial charge in [-0.3, -0.25) is 10.1 Å². The Labute approximate surface area is 120 Å². The number of likely N-dealkylation sites (tertiary alicyclic amines) is 1. The molecule has 0 atom stereocenters. The predicted octanol–water partition coefficient (Wildman–Crippen LogP) is 1.96. The number of fused-ring (bicyclic) bond motifs is 1. The number of aryl methyl sites for hydroxylation is 2. The lowest BCUT2D eigenvalue weighted by Gasteiger charge is -2.29. The van der Waals surface area contributed by atoms with Crippen LogP contribution in [0.25, 0.3) is 0 Å². The normalized spacial score (nSPS) is 18.9. The molecule has 20 heavy (non-hydrogen) atoms. The van der Waals surface area contributed by atoms with E-state index in [1.54, 1.807) is 16.2 Å². The summed E-state index contributed by atoms with van der Waals surface area (Å²) in [4.78, 5) is 30.4. The molecule has 108 valence electrons. The number of nitrogens with one attached hydrogen (secondary N) is 1. The molecule has 2 heterocycles. The van der Waals surface area contributed by atoms with Gasteiger partial charge in [0.25, 0.3) is 0 Å². The van der Waals surface area contributed by atoms with E-state index in [-0.39, 0.29) is 11.9 Å². The van der Waals surface area contributed by atoms with Crippen LogP contribution in [0.1, 0.15) is 29.8 Å². The molecule has 6 nitrogen and oxygen atoms in total. The van der Waals surface area contributed by atoms with E-state index < -0.39 is 5.97 Å². The molecule has 7 heteroatoms. The maximum atomic E-state index is 12.1. The third-order valence-corrected chi connectivity index (χ3v) is 5.01. The molecule has 1 aliphatic carbocycles. The Hall–Kier alpha value is -1.63. The summed E-state index contributed by atoms with van der Waals surface area (Å²) in [5.74, 6) is -1.08. The van der Waals surface area contributed by atoms with E-state index >= 15 is 0 Å². The molecular formula is C13H17N3O3S. The zero-order valence-electron chi connectivity index (χ0n) is 11.1. The number of aromatic nitrogens is 1. The third-order valence-electron chi connectivity index (χ3n) is 3.94. The lowest BCUT2D eigenvalue weighted by atomic mass is 9.97. The van der Waals surface area contributed by atoms with E-state index in [9.17, 15) is 9.59 Å². The van der Waals surface area contributed by atoms with Gasteiger partial charge in [0.05, 0.1) is 11.6 Å². The number of nitrogens with zero attached hydrogens (tertiary/aromatic N) is 2. The number of hydrogen-bond acceptors (Lipinski definition) is 4. The smallest absolute Gasteiger partial charge is 0.323 e. The summed E-state index contributed by atoms with van der Waals surface area (Å²) in [6.45, 7) is 0.988. The van der Waals surface area contributed by atoms with Gasteiger partial charge in [-0.1, -0.05) is 0 Å². The highest BCUT2D eigenvalue weighted by molar-refractivity contribution is 7.15.